The van der Waals surface area contributed by atoms with Crippen LogP contribution in [0.25, 0.3) is 11.2 Å². The van der Waals surface area contributed by atoms with Gasteiger partial charge in [0.25, 0.3) is 0 Å². The molecule has 0 bridgehead atoms. The number of imidazole rings is 1. The molecule has 1 unspecified atom stereocenters. The highest BCUT2D eigenvalue weighted by Gasteiger charge is 2.10. The number of pyridine rings is 1. The van der Waals surface area contributed by atoms with Crippen LogP contribution in [0.15, 0.2) is 37.2 Å². The quantitative estimate of drug-likeness (QED) is 0.731. The van der Waals surface area contributed by atoms with E-state index in [9.17, 15) is 0 Å². The van der Waals surface area contributed by atoms with Crippen LogP contribution in [-0.2, 0) is 0 Å². The molecular weight excluding hydrogens is 228 g/mol. The summed E-state index contributed by atoms with van der Waals surface area (Å²) in [6, 6.07) is 4.08. The molecule has 0 amide bonds. The number of fused-ring (bicyclic) bond motifs is 1. The predicted octanol–water partition coefficient (Wildman–Crippen LogP) is 1.92. The molecule has 0 spiro atoms. The zero-order valence-electron chi connectivity index (χ0n) is 9.83. The largest absolute Gasteiger partial charge is 0.362 e. The van der Waals surface area contributed by atoms with Gasteiger partial charge in [0.05, 0.1) is 12.4 Å². The minimum absolute atomic E-state index is 0.134. The first-order chi connectivity index (χ1) is 8.84. The fourth-order valence-corrected chi connectivity index (χ4v) is 1.82. The van der Waals surface area contributed by atoms with Crippen molar-refractivity contribution >= 4 is 17.0 Å². The lowest BCUT2D eigenvalue weighted by atomic mass is 10.1. The lowest BCUT2D eigenvalue weighted by Gasteiger charge is -2.14. The van der Waals surface area contributed by atoms with Crippen molar-refractivity contribution in [2.24, 2.45) is 0 Å². The Bertz CT molecular complexity index is 648. The standard InChI is InChI=1S/C12H12N6/c1-8(9-2-4-13-5-3-9)18-12-10-11(15-6-14-10)16-7-17-12/h2-8H,1H3,(H2,14,15,16,17,18). The monoisotopic (exact) mass is 240 g/mol. The number of aromatic amines is 1. The van der Waals surface area contributed by atoms with Crippen molar-refractivity contribution in [3.8, 4) is 0 Å². The van der Waals surface area contributed by atoms with Gasteiger partial charge in [-0.2, -0.15) is 0 Å². The third kappa shape index (κ3) is 1.88. The molecule has 0 aliphatic rings. The highest BCUT2D eigenvalue weighted by molar-refractivity contribution is 5.82. The number of aromatic nitrogens is 5. The van der Waals surface area contributed by atoms with Crippen LogP contribution in [0.2, 0.25) is 0 Å². The molecule has 0 aliphatic heterocycles. The van der Waals surface area contributed by atoms with Crippen LogP contribution in [-0.4, -0.2) is 24.9 Å². The number of hydrogen-bond acceptors (Lipinski definition) is 5. The number of H-pyrrole nitrogens is 1. The summed E-state index contributed by atoms with van der Waals surface area (Å²) in [6.45, 7) is 2.07. The van der Waals surface area contributed by atoms with E-state index in [1.165, 1.54) is 6.33 Å². The molecule has 0 saturated carbocycles. The van der Waals surface area contributed by atoms with E-state index in [2.05, 4.69) is 37.2 Å². The van der Waals surface area contributed by atoms with Crippen LogP contribution in [0.4, 0.5) is 5.82 Å². The average molecular weight is 240 g/mol. The fourth-order valence-electron chi connectivity index (χ4n) is 1.82. The molecule has 18 heavy (non-hydrogen) atoms. The van der Waals surface area contributed by atoms with E-state index in [0.29, 0.717) is 5.65 Å². The molecule has 0 radical (unpaired) electrons. The molecule has 3 aromatic heterocycles. The van der Waals surface area contributed by atoms with Gasteiger partial charge in [-0.1, -0.05) is 0 Å². The number of rotatable bonds is 3. The van der Waals surface area contributed by atoms with E-state index in [4.69, 9.17) is 0 Å². The summed E-state index contributed by atoms with van der Waals surface area (Å²) in [5.74, 6) is 0.752. The summed E-state index contributed by atoms with van der Waals surface area (Å²) in [5.41, 5.74) is 2.63. The Morgan fingerprint density at radius 2 is 2.00 bits per heavy atom. The van der Waals surface area contributed by atoms with E-state index in [0.717, 1.165) is 16.9 Å². The zero-order valence-corrected chi connectivity index (χ0v) is 9.83. The second-order valence-electron chi connectivity index (χ2n) is 3.97. The molecule has 90 valence electrons. The maximum Gasteiger partial charge on any atom is 0.182 e. The maximum absolute atomic E-state index is 4.24. The summed E-state index contributed by atoms with van der Waals surface area (Å²) in [4.78, 5) is 19.5. The SMILES string of the molecule is CC(Nc1ncnc2nc[nH]c12)c1ccncc1. The van der Waals surface area contributed by atoms with Gasteiger partial charge in [0.1, 0.15) is 11.8 Å². The second kappa shape index (κ2) is 4.40. The van der Waals surface area contributed by atoms with Crippen molar-refractivity contribution in [3.63, 3.8) is 0 Å². The van der Waals surface area contributed by atoms with Crippen LogP contribution in [0, 0.1) is 0 Å². The van der Waals surface area contributed by atoms with Gasteiger partial charge in [-0.25, -0.2) is 15.0 Å². The van der Waals surface area contributed by atoms with Gasteiger partial charge in [0.15, 0.2) is 11.5 Å². The summed E-state index contributed by atoms with van der Waals surface area (Å²) in [5, 5.41) is 3.34. The summed E-state index contributed by atoms with van der Waals surface area (Å²) in [7, 11) is 0. The molecule has 0 fully saturated rings. The first-order valence-electron chi connectivity index (χ1n) is 5.65. The van der Waals surface area contributed by atoms with Gasteiger partial charge < -0.3 is 10.3 Å². The van der Waals surface area contributed by atoms with Gasteiger partial charge >= 0.3 is 0 Å². The van der Waals surface area contributed by atoms with Crippen LogP contribution in [0.1, 0.15) is 18.5 Å². The Hall–Kier alpha value is -2.50. The van der Waals surface area contributed by atoms with Crippen molar-refractivity contribution in [3.05, 3.63) is 42.7 Å². The Morgan fingerprint density at radius 1 is 1.17 bits per heavy atom. The van der Waals surface area contributed by atoms with Gasteiger partial charge in [0.2, 0.25) is 0 Å². The van der Waals surface area contributed by atoms with E-state index in [1.807, 2.05) is 12.1 Å². The molecule has 1 atom stereocenters. The lowest BCUT2D eigenvalue weighted by molar-refractivity contribution is 0.871. The minimum Gasteiger partial charge on any atom is -0.362 e. The lowest BCUT2D eigenvalue weighted by Crippen LogP contribution is -2.08. The molecule has 0 aliphatic carbocycles. The van der Waals surface area contributed by atoms with Gasteiger partial charge in [-0.3, -0.25) is 4.98 Å². The third-order valence-electron chi connectivity index (χ3n) is 2.78. The van der Waals surface area contributed by atoms with Gasteiger partial charge in [0, 0.05) is 12.4 Å². The zero-order chi connectivity index (χ0) is 12.4. The van der Waals surface area contributed by atoms with Crippen molar-refractivity contribution < 1.29 is 0 Å². The van der Waals surface area contributed by atoms with Crippen LogP contribution >= 0.6 is 0 Å². The van der Waals surface area contributed by atoms with Crippen molar-refractivity contribution in [2.75, 3.05) is 5.32 Å². The summed E-state index contributed by atoms with van der Waals surface area (Å²) >= 11 is 0. The highest BCUT2D eigenvalue weighted by atomic mass is 15.1. The molecule has 3 aromatic rings. The van der Waals surface area contributed by atoms with Crippen molar-refractivity contribution in [2.45, 2.75) is 13.0 Å². The van der Waals surface area contributed by atoms with Crippen LogP contribution in [0.3, 0.4) is 0 Å². The third-order valence-corrected chi connectivity index (χ3v) is 2.78. The summed E-state index contributed by atoms with van der Waals surface area (Å²) < 4.78 is 0. The number of hydrogen-bond donors (Lipinski definition) is 2. The fraction of sp³-hybridized carbons (Fsp3) is 0.167. The van der Waals surface area contributed by atoms with Crippen LogP contribution in [0.5, 0.6) is 0 Å². The van der Waals surface area contributed by atoms with E-state index < -0.39 is 0 Å². The van der Waals surface area contributed by atoms with Crippen LogP contribution < -0.4 is 5.32 Å². The molecule has 3 rings (SSSR count). The first-order valence-corrected chi connectivity index (χ1v) is 5.65. The van der Waals surface area contributed by atoms with Crippen molar-refractivity contribution in [1.29, 1.82) is 0 Å². The van der Waals surface area contributed by atoms with E-state index in [-0.39, 0.29) is 6.04 Å². The molecule has 0 saturated heterocycles. The highest BCUT2D eigenvalue weighted by Crippen LogP contribution is 2.21. The normalized spacial score (nSPS) is 12.5. The Kier molecular flexibility index (Phi) is 2.60. The van der Waals surface area contributed by atoms with Crippen molar-refractivity contribution in [1.82, 2.24) is 24.9 Å². The first kappa shape index (κ1) is 10.6. The Morgan fingerprint density at radius 3 is 2.83 bits per heavy atom. The topological polar surface area (TPSA) is 79.4 Å². The molecule has 2 N–H and O–H groups in total. The molecule has 0 aromatic carbocycles. The summed E-state index contributed by atoms with van der Waals surface area (Å²) in [6.07, 6.45) is 6.67. The van der Waals surface area contributed by atoms with E-state index in [1.54, 1.807) is 18.7 Å². The second-order valence-corrected chi connectivity index (χ2v) is 3.97. The smallest absolute Gasteiger partial charge is 0.182 e. The van der Waals surface area contributed by atoms with Gasteiger partial charge in [-0.15, -0.1) is 0 Å². The minimum atomic E-state index is 0.134. The van der Waals surface area contributed by atoms with Gasteiger partial charge in [-0.05, 0) is 24.6 Å². The number of anilines is 1. The van der Waals surface area contributed by atoms with E-state index >= 15 is 0 Å². The Balaban J connectivity index is 1.91. The Labute approximate surface area is 104 Å². The average Bonchev–Trinajstić information content (AvgIpc) is 2.89. The molecule has 6 nitrogen and oxygen atoms in total. The molecule has 6 heteroatoms. The number of nitrogens with one attached hydrogen (secondary N) is 2. The molecular formula is C12H12N6. The predicted molar refractivity (Wildman–Crippen MR) is 68.0 cm³/mol. The maximum atomic E-state index is 4.24. The molecule has 3 heterocycles. The number of nitrogens with zero attached hydrogens (tertiary/aromatic N) is 4.